The van der Waals surface area contributed by atoms with E-state index in [9.17, 15) is 4.79 Å². The van der Waals surface area contributed by atoms with E-state index in [-0.39, 0.29) is 5.41 Å². The van der Waals surface area contributed by atoms with Crippen molar-refractivity contribution >= 4 is 5.78 Å². The molecule has 1 heteroatoms. The van der Waals surface area contributed by atoms with Crippen molar-refractivity contribution in [2.45, 2.75) is 40.5 Å². The molecule has 1 rings (SSSR count). The third-order valence-corrected chi connectivity index (χ3v) is 2.31. The van der Waals surface area contributed by atoms with Gasteiger partial charge < -0.3 is 0 Å². The molecule has 0 aromatic carbocycles. The molecule has 0 heterocycles. The molecule has 0 spiro atoms. The molecule has 0 amide bonds. The summed E-state index contributed by atoms with van der Waals surface area (Å²) in [5.41, 5.74) is 2.39. The predicted octanol–water partition coefficient (Wildman–Crippen LogP) is 3.27. The zero-order chi connectivity index (χ0) is 10.1. The SMILES string of the molecule is CC1=C(/C=C/C(C)(C)C)CCC1=O. The molecule has 0 bridgehead atoms. The maximum Gasteiger partial charge on any atom is 0.159 e. The Morgan fingerprint density at radius 1 is 1.23 bits per heavy atom. The van der Waals surface area contributed by atoms with Crippen LogP contribution in [0.1, 0.15) is 40.5 Å². The molecule has 0 aliphatic heterocycles. The zero-order valence-electron chi connectivity index (χ0n) is 8.98. The van der Waals surface area contributed by atoms with Gasteiger partial charge in [0.25, 0.3) is 0 Å². The van der Waals surface area contributed by atoms with Crippen LogP contribution in [0.5, 0.6) is 0 Å². The minimum absolute atomic E-state index is 0.207. The number of carbonyl (C=O) groups excluding carboxylic acids is 1. The van der Waals surface area contributed by atoms with Crippen molar-refractivity contribution in [1.29, 1.82) is 0 Å². The molecule has 72 valence electrons. The van der Waals surface area contributed by atoms with Crippen molar-refractivity contribution in [3.8, 4) is 0 Å². The Kier molecular flexibility index (Phi) is 2.74. The Morgan fingerprint density at radius 2 is 1.85 bits per heavy atom. The van der Waals surface area contributed by atoms with Crippen LogP contribution >= 0.6 is 0 Å². The number of hydrogen-bond acceptors (Lipinski definition) is 1. The summed E-state index contributed by atoms with van der Waals surface area (Å²) in [7, 11) is 0. The van der Waals surface area contributed by atoms with Gasteiger partial charge >= 0.3 is 0 Å². The van der Waals surface area contributed by atoms with Crippen molar-refractivity contribution < 1.29 is 4.79 Å². The minimum atomic E-state index is 0.207. The fourth-order valence-corrected chi connectivity index (χ4v) is 1.36. The Bertz CT molecular complexity index is 274. The van der Waals surface area contributed by atoms with Crippen molar-refractivity contribution in [3.63, 3.8) is 0 Å². The van der Waals surface area contributed by atoms with Crippen LogP contribution in [0.25, 0.3) is 0 Å². The fraction of sp³-hybridized carbons (Fsp3) is 0.583. The largest absolute Gasteiger partial charge is 0.295 e. The van der Waals surface area contributed by atoms with Gasteiger partial charge in [-0.3, -0.25) is 4.79 Å². The van der Waals surface area contributed by atoms with E-state index in [2.05, 4.69) is 32.9 Å². The highest BCUT2D eigenvalue weighted by molar-refractivity contribution is 5.98. The topological polar surface area (TPSA) is 17.1 Å². The zero-order valence-corrected chi connectivity index (χ0v) is 8.98. The molecular formula is C12H18O. The molecule has 0 saturated carbocycles. The second kappa shape index (κ2) is 3.49. The first-order chi connectivity index (χ1) is 5.90. The van der Waals surface area contributed by atoms with Gasteiger partial charge in [0, 0.05) is 6.42 Å². The summed E-state index contributed by atoms with van der Waals surface area (Å²) in [5, 5.41) is 0. The lowest BCUT2D eigenvalue weighted by Crippen LogP contribution is -1.98. The standard InChI is InChI=1S/C12H18O/c1-9-10(5-6-11(9)13)7-8-12(2,3)4/h7-8H,5-6H2,1-4H3/b8-7+. The third kappa shape index (κ3) is 2.83. The van der Waals surface area contributed by atoms with Gasteiger partial charge in [0.05, 0.1) is 0 Å². The molecule has 0 aromatic heterocycles. The summed E-state index contributed by atoms with van der Waals surface area (Å²) >= 11 is 0. The molecular weight excluding hydrogens is 160 g/mol. The summed E-state index contributed by atoms with van der Waals surface area (Å²) in [5.74, 6) is 0.313. The van der Waals surface area contributed by atoms with Gasteiger partial charge in [-0.2, -0.15) is 0 Å². The van der Waals surface area contributed by atoms with Gasteiger partial charge in [0.1, 0.15) is 0 Å². The normalized spacial score (nSPS) is 19.2. The number of carbonyl (C=O) groups is 1. The molecule has 0 atom stereocenters. The first-order valence-corrected chi connectivity index (χ1v) is 4.82. The highest BCUT2D eigenvalue weighted by Crippen LogP contribution is 2.25. The van der Waals surface area contributed by atoms with Gasteiger partial charge in [0.2, 0.25) is 0 Å². The first kappa shape index (κ1) is 10.2. The van der Waals surface area contributed by atoms with Crippen LogP contribution in [0.3, 0.4) is 0 Å². The van der Waals surface area contributed by atoms with Gasteiger partial charge in [-0.15, -0.1) is 0 Å². The van der Waals surface area contributed by atoms with E-state index in [0.29, 0.717) is 12.2 Å². The molecule has 0 N–H and O–H groups in total. The van der Waals surface area contributed by atoms with E-state index in [1.165, 1.54) is 5.57 Å². The summed E-state index contributed by atoms with van der Waals surface area (Å²) in [6, 6.07) is 0. The molecule has 1 aliphatic rings. The first-order valence-electron chi connectivity index (χ1n) is 4.82. The van der Waals surface area contributed by atoms with Crippen LogP contribution in [0.4, 0.5) is 0 Å². The van der Waals surface area contributed by atoms with Gasteiger partial charge in [0.15, 0.2) is 5.78 Å². The lowest BCUT2D eigenvalue weighted by molar-refractivity contribution is -0.114. The average molecular weight is 178 g/mol. The Balaban J connectivity index is 2.76. The molecule has 0 saturated heterocycles. The monoisotopic (exact) mass is 178 g/mol. The van der Waals surface area contributed by atoms with E-state index < -0.39 is 0 Å². The fourth-order valence-electron chi connectivity index (χ4n) is 1.36. The predicted molar refractivity (Wildman–Crippen MR) is 55.5 cm³/mol. The van der Waals surface area contributed by atoms with Gasteiger partial charge in [-0.05, 0) is 29.9 Å². The highest BCUT2D eigenvalue weighted by Gasteiger charge is 2.17. The lowest BCUT2D eigenvalue weighted by atomic mass is 9.95. The second-order valence-electron chi connectivity index (χ2n) is 4.77. The summed E-state index contributed by atoms with van der Waals surface area (Å²) < 4.78 is 0. The maximum absolute atomic E-state index is 11.2. The number of allylic oxidation sites excluding steroid dienone is 4. The van der Waals surface area contributed by atoms with Crippen LogP contribution in [0.15, 0.2) is 23.3 Å². The Hall–Kier alpha value is -0.850. The quantitative estimate of drug-likeness (QED) is 0.602. The van der Waals surface area contributed by atoms with Crippen LogP contribution in [0, 0.1) is 5.41 Å². The van der Waals surface area contributed by atoms with Crippen molar-refractivity contribution in [2.24, 2.45) is 5.41 Å². The van der Waals surface area contributed by atoms with E-state index in [0.717, 1.165) is 12.0 Å². The van der Waals surface area contributed by atoms with Gasteiger partial charge in [-0.1, -0.05) is 32.9 Å². The Labute approximate surface area is 80.5 Å². The third-order valence-electron chi connectivity index (χ3n) is 2.31. The average Bonchev–Trinajstić information content (AvgIpc) is 2.29. The maximum atomic E-state index is 11.2. The van der Waals surface area contributed by atoms with Crippen molar-refractivity contribution in [3.05, 3.63) is 23.3 Å². The second-order valence-corrected chi connectivity index (χ2v) is 4.77. The summed E-state index contributed by atoms with van der Waals surface area (Å²) in [6.07, 6.45) is 5.91. The summed E-state index contributed by atoms with van der Waals surface area (Å²) in [6.45, 7) is 8.42. The van der Waals surface area contributed by atoms with Gasteiger partial charge in [-0.25, -0.2) is 0 Å². The smallest absolute Gasteiger partial charge is 0.159 e. The number of rotatable bonds is 1. The lowest BCUT2D eigenvalue weighted by Gasteiger charge is -2.11. The number of ketones is 1. The molecule has 0 fully saturated rings. The van der Waals surface area contributed by atoms with Crippen LogP contribution < -0.4 is 0 Å². The molecule has 1 nitrogen and oxygen atoms in total. The Morgan fingerprint density at radius 3 is 2.23 bits per heavy atom. The van der Waals surface area contributed by atoms with Crippen LogP contribution in [-0.4, -0.2) is 5.78 Å². The number of hydrogen-bond donors (Lipinski definition) is 0. The van der Waals surface area contributed by atoms with Crippen molar-refractivity contribution in [2.75, 3.05) is 0 Å². The van der Waals surface area contributed by atoms with Crippen LogP contribution in [-0.2, 0) is 4.79 Å². The van der Waals surface area contributed by atoms with E-state index in [4.69, 9.17) is 0 Å². The molecule has 0 aromatic rings. The number of Topliss-reactive ketones (excluding diaryl/α,β-unsaturated/α-hetero) is 1. The van der Waals surface area contributed by atoms with Crippen LogP contribution in [0.2, 0.25) is 0 Å². The van der Waals surface area contributed by atoms with E-state index >= 15 is 0 Å². The highest BCUT2D eigenvalue weighted by atomic mass is 16.1. The minimum Gasteiger partial charge on any atom is -0.295 e. The van der Waals surface area contributed by atoms with E-state index in [1.54, 1.807) is 0 Å². The molecule has 13 heavy (non-hydrogen) atoms. The summed E-state index contributed by atoms with van der Waals surface area (Å²) in [4.78, 5) is 11.2. The molecule has 0 radical (unpaired) electrons. The van der Waals surface area contributed by atoms with E-state index in [1.807, 2.05) is 6.92 Å². The van der Waals surface area contributed by atoms with Crippen molar-refractivity contribution in [1.82, 2.24) is 0 Å². The molecule has 1 aliphatic carbocycles. The molecule has 0 unspecified atom stereocenters.